The average molecular weight is 801 g/mol. The quantitative estimate of drug-likeness (QED) is 0.0296. The van der Waals surface area contributed by atoms with Gasteiger partial charge in [-0.05, 0) is 19.8 Å². The lowest BCUT2D eigenvalue weighted by Gasteiger charge is -2.40. The predicted molar refractivity (Wildman–Crippen MR) is 225 cm³/mol. The Labute approximate surface area is 342 Å². The maximum Gasteiger partial charge on any atom is 0.306 e. The number of esters is 2. The molecule has 0 aliphatic carbocycles. The van der Waals surface area contributed by atoms with Crippen molar-refractivity contribution in [3.63, 3.8) is 0 Å². The Morgan fingerprint density at radius 1 is 0.482 bits per heavy atom. The van der Waals surface area contributed by atoms with Crippen molar-refractivity contribution in [3.8, 4) is 0 Å². The molecule has 10 heteroatoms. The molecule has 56 heavy (non-hydrogen) atoms. The molecule has 10 nitrogen and oxygen atoms in total. The molecule has 0 saturated carbocycles. The number of hydrogen-bond donors (Lipinski definition) is 5. The molecule has 0 spiro atoms. The monoisotopic (exact) mass is 801 g/mol. The van der Waals surface area contributed by atoms with Gasteiger partial charge in [0.1, 0.15) is 12.2 Å². The number of carbonyl (C=O) groups excluding carboxylic acids is 3. The number of Topliss-reactive ketones (excluding diaryl/α,β-unsaturated/α-hetero) is 1. The molecule has 0 fully saturated rings. The molecule has 5 atom stereocenters. The van der Waals surface area contributed by atoms with Gasteiger partial charge >= 0.3 is 11.9 Å². The van der Waals surface area contributed by atoms with Gasteiger partial charge in [-0.2, -0.15) is 0 Å². The largest absolute Gasteiger partial charge is 0.452 e. The summed E-state index contributed by atoms with van der Waals surface area (Å²) in [6.45, 7) is 4.04. The summed E-state index contributed by atoms with van der Waals surface area (Å²) in [5, 5.41) is 50.5. The second kappa shape index (κ2) is 37.7. The highest BCUT2D eigenvalue weighted by Gasteiger charge is 2.53. The summed E-state index contributed by atoms with van der Waals surface area (Å²) < 4.78 is 11.2. The van der Waals surface area contributed by atoms with Crippen molar-refractivity contribution in [1.29, 1.82) is 0 Å². The van der Waals surface area contributed by atoms with E-state index in [4.69, 9.17) is 9.47 Å². The zero-order valence-corrected chi connectivity index (χ0v) is 36.3. The summed E-state index contributed by atoms with van der Waals surface area (Å²) in [5.41, 5.74) is -2.26. The Balaban J connectivity index is 4.86. The molecule has 0 aliphatic rings. The van der Waals surface area contributed by atoms with E-state index in [2.05, 4.69) is 13.8 Å². The lowest BCUT2D eigenvalue weighted by molar-refractivity contribution is -0.216. The number of rotatable bonds is 42. The summed E-state index contributed by atoms with van der Waals surface area (Å²) in [7, 11) is 0. The van der Waals surface area contributed by atoms with Crippen LogP contribution < -0.4 is 0 Å². The van der Waals surface area contributed by atoms with Crippen LogP contribution in [0.4, 0.5) is 0 Å². The molecule has 0 aromatic rings. The number of ketones is 1. The molecule has 1 unspecified atom stereocenters. The van der Waals surface area contributed by atoms with E-state index in [-0.39, 0.29) is 12.8 Å². The van der Waals surface area contributed by atoms with E-state index in [1.165, 1.54) is 135 Å². The molecule has 0 aliphatic heterocycles. The van der Waals surface area contributed by atoms with Crippen molar-refractivity contribution < 1.29 is 49.4 Å². The highest BCUT2D eigenvalue weighted by atomic mass is 16.6. The Kier molecular flexibility index (Phi) is 36.6. The zero-order chi connectivity index (χ0) is 41.7. The van der Waals surface area contributed by atoms with Gasteiger partial charge in [0, 0.05) is 19.3 Å². The zero-order valence-electron chi connectivity index (χ0n) is 36.3. The Bertz CT molecular complexity index is 930. The van der Waals surface area contributed by atoms with E-state index in [1.807, 2.05) is 0 Å². The van der Waals surface area contributed by atoms with Crippen LogP contribution in [-0.4, -0.2) is 86.5 Å². The van der Waals surface area contributed by atoms with Crippen LogP contribution in [0.2, 0.25) is 0 Å². The van der Waals surface area contributed by atoms with E-state index < -0.39 is 67.4 Å². The van der Waals surface area contributed by atoms with Crippen molar-refractivity contribution in [3.05, 3.63) is 0 Å². The second-order valence-electron chi connectivity index (χ2n) is 16.6. The summed E-state index contributed by atoms with van der Waals surface area (Å²) in [4.78, 5) is 39.6. The van der Waals surface area contributed by atoms with Gasteiger partial charge in [0.05, 0.1) is 19.3 Å². The van der Waals surface area contributed by atoms with Crippen molar-refractivity contribution in [1.82, 2.24) is 0 Å². The van der Waals surface area contributed by atoms with Crippen LogP contribution >= 0.6 is 0 Å². The third-order valence-electron chi connectivity index (χ3n) is 11.2. The van der Waals surface area contributed by atoms with E-state index >= 15 is 0 Å². The van der Waals surface area contributed by atoms with Crippen molar-refractivity contribution in [2.75, 3.05) is 13.2 Å². The molecule has 0 heterocycles. The lowest BCUT2D eigenvalue weighted by atomic mass is 9.84. The topological polar surface area (TPSA) is 171 Å². The van der Waals surface area contributed by atoms with Gasteiger partial charge in [-0.1, -0.05) is 194 Å². The first-order valence-electron chi connectivity index (χ1n) is 23.3. The molecule has 332 valence electrons. The van der Waals surface area contributed by atoms with Crippen LogP contribution in [-0.2, 0) is 23.9 Å². The van der Waals surface area contributed by atoms with Crippen LogP contribution in [0.3, 0.4) is 0 Å². The van der Waals surface area contributed by atoms with Crippen LogP contribution in [0.15, 0.2) is 0 Å². The number of aliphatic hydroxyl groups excluding tert-OH is 5. The van der Waals surface area contributed by atoms with E-state index in [0.717, 1.165) is 51.4 Å². The minimum atomic E-state index is -2.26. The maximum absolute atomic E-state index is 13.4. The fraction of sp³-hybridized carbons (Fsp3) is 0.935. The Hall–Kier alpha value is -1.59. The fourth-order valence-corrected chi connectivity index (χ4v) is 7.43. The van der Waals surface area contributed by atoms with Gasteiger partial charge in [-0.15, -0.1) is 0 Å². The normalized spacial score (nSPS) is 14.9. The SMILES string of the molecule is CCCCCCCCCCCCCCCCCC(=O)O[C@@H](C(=O)CC(O)CO)[C@@](C)(OC(=O)CCCCCCCCCCCCCCCCC)[C@H](O)[C@H](O)CO. The molecule has 0 saturated heterocycles. The van der Waals surface area contributed by atoms with E-state index in [1.54, 1.807) is 0 Å². The molecule has 0 radical (unpaired) electrons. The van der Waals surface area contributed by atoms with Gasteiger partial charge in [0.2, 0.25) is 6.10 Å². The summed E-state index contributed by atoms with van der Waals surface area (Å²) in [5.74, 6) is -2.37. The minimum absolute atomic E-state index is 0.00755. The Morgan fingerprint density at radius 3 is 1.12 bits per heavy atom. The first kappa shape index (κ1) is 54.4. The molecular weight excluding hydrogens is 712 g/mol. The molecule has 0 rings (SSSR count). The highest BCUT2D eigenvalue weighted by molar-refractivity contribution is 5.88. The summed E-state index contributed by atoms with van der Waals surface area (Å²) >= 11 is 0. The number of ether oxygens (including phenoxy) is 2. The van der Waals surface area contributed by atoms with Crippen molar-refractivity contribution in [2.45, 2.75) is 263 Å². The number of aliphatic hydroxyl groups is 5. The fourth-order valence-electron chi connectivity index (χ4n) is 7.43. The second-order valence-corrected chi connectivity index (χ2v) is 16.6. The van der Waals surface area contributed by atoms with Crippen LogP contribution in [0.5, 0.6) is 0 Å². The van der Waals surface area contributed by atoms with Crippen LogP contribution in [0, 0.1) is 0 Å². The molecular formula is C46H88O10. The van der Waals surface area contributed by atoms with Crippen molar-refractivity contribution >= 4 is 17.7 Å². The summed E-state index contributed by atoms with van der Waals surface area (Å²) in [6.07, 6.45) is 27.3. The third-order valence-corrected chi connectivity index (χ3v) is 11.2. The molecule has 0 amide bonds. The van der Waals surface area contributed by atoms with Crippen LogP contribution in [0.1, 0.15) is 233 Å². The first-order valence-corrected chi connectivity index (χ1v) is 23.3. The Morgan fingerprint density at radius 2 is 0.804 bits per heavy atom. The number of unbranched alkanes of at least 4 members (excludes halogenated alkanes) is 28. The third kappa shape index (κ3) is 28.8. The highest BCUT2D eigenvalue weighted by Crippen LogP contribution is 2.30. The molecule has 5 N–H and O–H groups in total. The number of hydrogen-bond acceptors (Lipinski definition) is 10. The standard InChI is InChI=1S/C46H88O10/c1-4-6-8-10-12-14-16-18-20-22-24-26-28-30-32-34-42(52)55-45(40(50)36-39(49)37-47)46(3,44(54)41(51)38-48)56-43(53)35-33-31-29-27-25-23-21-19-17-15-13-11-9-7-5-2/h39,41,44-45,47-49,51,54H,4-38H2,1-3H3/t39?,41-,44-,45+,46+/m1/s1. The van der Waals surface area contributed by atoms with Gasteiger partial charge in [0.25, 0.3) is 0 Å². The van der Waals surface area contributed by atoms with Gasteiger partial charge in [-0.3, -0.25) is 14.4 Å². The van der Waals surface area contributed by atoms with E-state index in [0.29, 0.717) is 12.8 Å². The van der Waals surface area contributed by atoms with Gasteiger partial charge in [-0.25, -0.2) is 0 Å². The minimum Gasteiger partial charge on any atom is -0.452 e. The molecule has 0 aromatic heterocycles. The van der Waals surface area contributed by atoms with Gasteiger partial charge in [0.15, 0.2) is 11.4 Å². The smallest absolute Gasteiger partial charge is 0.306 e. The predicted octanol–water partition coefficient (Wildman–Crippen LogP) is 9.75. The number of carbonyl (C=O) groups is 3. The molecule has 0 aromatic carbocycles. The lowest BCUT2D eigenvalue weighted by Crippen LogP contribution is -2.61. The van der Waals surface area contributed by atoms with Crippen LogP contribution in [0.25, 0.3) is 0 Å². The maximum atomic E-state index is 13.4. The summed E-state index contributed by atoms with van der Waals surface area (Å²) in [6, 6.07) is 0. The van der Waals surface area contributed by atoms with Crippen molar-refractivity contribution in [2.24, 2.45) is 0 Å². The van der Waals surface area contributed by atoms with E-state index in [9.17, 15) is 39.9 Å². The first-order chi connectivity index (χ1) is 27.1. The van der Waals surface area contributed by atoms with Gasteiger partial charge < -0.3 is 35.0 Å². The average Bonchev–Trinajstić information content (AvgIpc) is 3.18. The molecule has 0 bridgehead atoms.